The van der Waals surface area contributed by atoms with Crippen LogP contribution in [0.25, 0.3) is 33.3 Å². The molecule has 0 unspecified atom stereocenters. The Morgan fingerprint density at radius 1 is 1.20 bits per heavy atom. The number of rotatable bonds is 4. The largest absolute Gasteiger partial charge is 0.354 e. The molecule has 4 aromatic rings. The summed E-state index contributed by atoms with van der Waals surface area (Å²) in [6.07, 6.45) is 7.18. The lowest BCUT2D eigenvalue weighted by atomic mass is 10.1. The van der Waals surface area contributed by atoms with Crippen molar-refractivity contribution >= 4 is 22.1 Å². The molecule has 0 aliphatic carbocycles. The van der Waals surface area contributed by atoms with Crippen molar-refractivity contribution in [1.82, 2.24) is 24.8 Å². The van der Waals surface area contributed by atoms with E-state index in [1.165, 1.54) is 10.9 Å². The molecule has 3 aromatic heterocycles. The van der Waals surface area contributed by atoms with Crippen LogP contribution in [0.2, 0.25) is 0 Å². The zero-order chi connectivity index (χ0) is 17.4. The number of aromatic amines is 2. The van der Waals surface area contributed by atoms with E-state index in [-0.39, 0.29) is 0 Å². The summed E-state index contributed by atoms with van der Waals surface area (Å²) in [6.45, 7) is 3.41. The number of hydrogen-bond acceptors (Lipinski definition) is 3. The van der Waals surface area contributed by atoms with Crippen molar-refractivity contribution in [2.75, 3.05) is 13.6 Å². The van der Waals surface area contributed by atoms with Crippen molar-refractivity contribution in [1.29, 1.82) is 0 Å². The first kappa shape index (κ1) is 15.4. The SMILES string of the molecule is C#CCN(C)Cc1ccc2[nH]c(-c3ccnc4[nH]c(C)nc34)cc2c1. The van der Waals surface area contributed by atoms with Gasteiger partial charge in [-0.3, -0.25) is 4.90 Å². The highest BCUT2D eigenvalue weighted by Crippen LogP contribution is 2.29. The van der Waals surface area contributed by atoms with Gasteiger partial charge in [0, 0.05) is 34.9 Å². The van der Waals surface area contributed by atoms with Gasteiger partial charge in [0.2, 0.25) is 0 Å². The highest BCUT2D eigenvalue weighted by molar-refractivity contribution is 5.94. The molecule has 0 radical (unpaired) electrons. The second kappa shape index (κ2) is 6.08. The minimum atomic E-state index is 0.643. The van der Waals surface area contributed by atoms with Crippen LogP contribution in [0.5, 0.6) is 0 Å². The Morgan fingerprint density at radius 2 is 2.08 bits per heavy atom. The number of terminal acetylenes is 1. The third kappa shape index (κ3) is 2.88. The van der Waals surface area contributed by atoms with E-state index < -0.39 is 0 Å². The van der Waals surface area contributed by atoms with Crippen LogP contribution >= 0.6 is 0 Å². The molecule has 0 aliphatic rings. The lowest BCUT2D eigenvalue weighted by Crippen LogP contribution is -2.17. The summed E-state index contributed by atoms with van der Waals surface area (Å²) in [6, 6.07) is 10.6. The molecule has 5 nitrogen and oxygen atoms in total. The van der Waals surface area contributed by atoms with E-state index in [9.17, 15) is 0 Å². The molecule has 0 saturated heterocycles. The number of benzene rings is 1. The van der Waals surface area contributed by atoms with Crippen LogP contribution in [0.15, 0.2) is 36.5 Å². The fraction of sp³-hybridized carbons (Fsp3) is 0.200. The maximum Gasteiger partial charge on any atom is 0.158 e. The number of hydrogen-bond donors (Lipinski definition) is 2. The van der Waals surface area contributed by atoms with Crippen LogP contribution in [0, 0.1) is 19.3 Å². The Labute approximate surface area is 146 Å². The van der Waals surface area contributed by atoms with Crippen molar-refractivity contribution in [3.05, 3.63) is 47.9 Å². The molecule has 0 saturated carbocycles. The van der Waals surface area contributed by atoms with Gasteiger partial charge in [0.1, 0.15) is 11.3 Å². The predicted octanol–water partition coefficient (Wildman–Crippen LogP) is 3.48. The molecule has 3 heterocycles. The topological polar surface area (TPSA) is 60.6 Å². The number of H-pyrrole nitrogens is 2. The summed E-state index contributed by atoms with van der Waals surface area (Å²) < 4.78 is 0. The molecule has 1 aromatic carbocycles. The summed E-state index contributed by atoms with van der Waals surface area (Å²) in [5.74, 6) is 3.54. The van der Waals surface area contributed by atoms with Crippen LogP contribution in [0.4, 0.5) is 0 Å². The monoisotopic (exact) mass is 329 g/mol. The molecule has 124 valence electrons. The van der Waals surface area contributed by atoms with Crippen LogP contribution in [0.3, 0.4) is 0 Å². The molecule has 0 amide bonds. The summed E-state index contributed by atoms with van der Waals surface area (Å²) in [4.78, 5) is 17.7. The van der Waals surface area contributed by atoms with Crippen molar-refractivity contribution < 1.29 is 0 Å². The molecular weight excluding hydrogens is 310 g/mol. The summed E-state index contributed by atoms with van der Waals surface area (Å²) in [7, 11) is 2.03. The van der Waals surface area contributed by atoms with Gasteiger partial charge in [-0.2, -0.15) is 0 Å². The molecule has 0 aliphatic heterocycles. The van der Waals surface area contributed by atoms with Gasteiger partial charge in [0.05, 0.1) is 6.54 Å². The maximum absolute atomic E-state index is 5.38. The van der Waals surface area contributed by atoms with Crippen molar-refractivity contribution in [2.45, 2.75) is 13.5 Å². The summed E-state index contributed by atoms with van der Waals surface area (Å²) in [5, 5.41) is 1.18. The van der Waals surface area contributed by atoms with E-state index in [1.807, 2.05) is 20.0 Å². The molecule has 5 heteroatoms. The van der Waals surface area contributed by atoms with Gasteiger partial charge in [0.15, 0.2) is 5.65 Å². The van der Waals surface area contributed by atoms with Crippen LogP contribution in [-0.2, 0) is 6.54 Å². The summed E-state index contributed by atoms with van der Waals surface area (Å²) >= 11 is 0. The van der Waals surface area contributed by atoms with Gasteiger partial charge in [0.25, 0.3) is 0 Å². The number of fused-ring (bicyclic) bond motifs is 2. The van der Waals surface area contributed by atoms with Gasteiger partial charge in [-0.25, -0.2) is 9.97 Å². The first-order valence-electron chi connectivity index (χ1n) is 8.19. The molecule has 0 fully saturated rings. The van der Waals surface area contributed by atoms with E-state index in [0.29, 0.717) is 6.54 Å². The smallest absolute Gasteiger partial charge is 0.158 e. The first-order valence-corrected chi connectivity index (χ1v) is 8.19. The average molecular weight is 329 g/mol. The normalized spacial score (nSPS) is 11.4. The maximum atomic E-state index is 5.38. The number of aryl methyl sites for hydroxylation is 1. The predicted molar refractivity (Wildman–Crippen MR) is 101 cm³/mol. The Kier molecular flexibility index (Phi) is 3.75. The molecule has 0 bridgehead atoms. The third-order valence-corrected chi connectivity index (χ3v) is 4.29. The van der Waals surface area contributed by atoms with Gasteiger partial charge in [-0.15, -0.1) is 6.42 Å². The van der Waals surface area contributed by atoms with Crippen LogP contribution in [-0.4, -0.2) is 38.4 Å². The average Bonchev–Trinajstić information content (AvgIpc) is 3.16. The Morgan fingerprint density at radius 3 is 2.92 bits per heavy atom. The van der Waals surface area contributed by atoms with Crippen molar-refractivity contribution in [3.8, 4) is 23.6 Å². The van der Waals surface area contributed by atoms with Gasteiger partial charge < -0.3 is 9.97 Å². The van der Waals surface area contributed by atoms with E-state index in [0.717, 1.165) is 40.3 Å². The van der Waals surface area contributed by atoms with E-state index in [2.05, 4.69) is 55.0 Å². The van der Waals surface area contributed by atoms with E-state index in [1.54, 1.807) is 6.20 Å². The zero-order valence-electron chi connectivity index (χ0n) is 14.3. The minimum Gasteiger partial charge on any atom is -0.354 e. The lowest BCUT2D eigenvalue weighted by Gasteiger charge is -2.12. The Hall–Kier alpha value is -3.10. The fourth-order valence-corrected chi connectivity index (χ4v) is 3.19. The van der Waals surface area contributed by atoms with Crippen LogP contribution < -0.4 is 0 Å². The molecule has 4 rings (SSSR count). The molecule has 0 spiro atoms. The van der Waals surface area contributed by atoms with Crippen molar-refractivity contribution in [3.63, 3.8) is 0 Å². The summed E-state index contributed by atoms with van der Waals surface area (Å²) in [5.41, 5.74) is 6.15. The molecule has 0 atom stereocenters. The number of imidazole rings is 1. The highest BCUT2D eigenvalue weighted by atomic mass is 15.1. The number of nitrogens with zero attached hydrogens (tertiary/aromatic N) is 3. The molecule has 25 heavy (non-hydrogen) atoms. The number of aromatic nitrogens is 4. The Balaban J connectivity index is 1.75. The van der Waals surface area contributed by atoms with Crippen molar-refractivity contribution in [2.24, 2.45) is 0 Å². The first-order chi connectivity index (χ1) is 12.1. The lowest BCUT2D eigenvalue weighted by molar-refractivity contribution is 0.369. The van der Waals surface area contributed by atoms with E-state index in [4.69, 9.17) is 6.42 Å². The Bertz CT molecular complexity index is 1100. The second-order valence-corrected chi connectivity index (χ2v) is 6.36. The second-order valence-electron chi connectivity index (χ2n) is 6.36. The molecular formula is C20H19N5. The zero-order valence-corrected chi connectivity index (χ0v) is 14.3. The fourth-order valence-electron chi connectivity index (χ4n) is 3.19. The standard InChI is InChI=1S/C20H19N5/c1-4-9-25(3)12-14-5-6-17-15(10-14)11-18(24-17)16-7-8-21-20-19(16)22-13(2)23-20/h1,5-8,10-11,24H,9,12H2,2-3H3,(H,21,22,23). The van der Waals surface area contributed by atoms with Gasteiger partial charge in [-0.05, 0) is 43.8 Å². The van der Waals surface area contributed by atoms with Crippen LogP contribution in [0.1, 0.15) is 11.4 Å². The quantitative estimate of drug-likeness (QED) is 0.564. The third-order valence-electron chi connectivity index (χ3n) is 4.29. The van der Waals surface area contributed by atoms with Gasteiger partial charge >= 0.3 is 0 Å². The molecule has 2 N–H and O–H groups in total. The van der Waals surface area contributed by atoms with E-state index >= 15 is 0 Å². The number of pyridine rings is 1. The highest BCUT2D eigenvalue weighted by Gasteiger charge is 2.11. The minimum absolute atomic E-state index is 0.643. The number of nitrogens with one attached hydrogen (secondary N) is 2. The van der Waals surface area contributed by atoms with Gasteiger partial charge in [-0.1, -0.05) is 12.0 Å².